The predicted octanol–water partition coefficient (Wildman–Crippen LogP) is 5.94. The molecule has 0 atom stereocenters. The van der Waals surface area contributed by atoms with E-state index in [1.165, 1.54) is 0 Å². The maximum atomic E-state index is 13.2. The Hall–Kier alpha value is -2.38. The van der Waals surface area contributed by atoms with Crippen LogP contribution in [0.5, 0.6) is 5.75 Å². The van der Waals surface area contributed by atoms with Crippen molar-refractivity contribution < 1.29 is 9.90 Å². The first-order chi connectivity index (χ1) is 17.3. The third-order valence-electron chi connectivity index (χ3n) is 7.23. The van der Waals surface area contributed by atoms with E-state index in [4.69, 9.17) is 23.2 Å². The summed E-state index contributed by atoms with van der Waals surface area (Å²) < 4.78 is 0. The number of piperidine rings is 1. The number of carbonyl (C=O) groups excluding carboxylic acids is 1. The summed E-state index contributed by atoms with van der Waals surface area (Å²) in [6.45, 7) is 4.21. The first-order valence-electron chi connectivity index (χ1n) is 12.6. The Morgan fingerprint density at radius 1 is 1.08 bits per heavy atom. The Labute approximate surface area is 222 Å². The highest BCUT2D eigenvalue weighted by atomic mass is 35.5. The Kier molecular flexibility index (Phi) is 7.40. The van der Waals surface area contributed by atoms with E-state index in [0.29, 0.717) is 5.56 Å². The SMILES string of the molecule is CN(C)CCN1CCC(Nc2c(C(=O)C3CC3)cnc3ccc(-c4cc(Cl)c(O)c(Cl)c4)cc23)CC1. The zero-order valence-electron chi connectivity index (χ0n) is 20.7. The number of rotatable bonds is 8. The van der Waals surface area contributed by atoms with Crippen molar-refractivity contribution in [3.8, 4) is 16.9 Å². The molecule has 2 N–H and O–H groups in total. The van der Waals surface area contributed by atoms with Crippen LogP contribution in [0.4, 0.5) is 5.69 Å². The standard InChI is InChI=1S/C28H32Cl2N4O2/c1-33(2)11-12-34-9-7-20(8-10-34)32-26-21-13-18(19-14-23(29)28(36)24(30)15-19)5-6-25(21)31-16-22(26)27(35)17-3-4-17/h5-6,13-17,20,36H,3-4,7-12H2,1-2H3,(H,31,32). The largest absolute Gasteiger partial charge is 0.505 e. The van der Waals surface area contributed by atoms with Gasteiger partial charge in [0.2, 0.25) is 0 Å². The average Bonchev–Trinajstić information content (AvgIpc) is 3.72. The number of Topliss-reactive ketones (excluding diaryl/α,β-unsaturated/α-hetero) is 1. The van der Waals surface area contributed by atoms with Gasteiger partial charge in [-0.3, -0.25) is 9.78 Å². The Morgan fingerprint density at radius 3 is 2.42 bits per heavy atom. The van der Waals surface area contributed by atoms with Crippen LogP contribution in [0.3, 0.4) is 0 Å². The molecule has 3 aromatic rings. The first kappa shape index (κ1) is 25.3. The smallest absolute Gasteiger partial charge is 0.169 e. The van der Waals surface area contributed by atoms with Gasteiger partial charge in [0.05, 0.1) is 26.8 Å². The first-order valence-corrected chi connectivity index (χ1v) is 13.3. The molecule has 0 unspecified atom stereocenters. The second-order valence-corrected chi connectivity index (χ2v) is 11.1. The van der Waals surface area contributed by atoms with Crippen LogP contribution >= 0.6 is 23.2 Å². The van der Waals surface area contributed by atoms with E-state index in [0.717, 1.165) is 79.6 Å². The molecule has 36 heavy (non-hydrogen) atoms. The van der Waals surface area contributed by atoms with Crippen LogP contribution in [0.2, 0.25) is 10.0 Å². The summed E-state index contributed by atoms with van der Waals surface area (Å²) in [5.41, 5.74) is 4.07. The van der Waals surface area contributed by atoms with Gasteiger partial charge in [-0.1, -0.05) is 29.3 Å². The Balaban J connectivity index is 1.48. The number of aromatic hydroxyl groups is 1. The lowest BCUT2D eigenvalue weighted by molar-refractivity contribution is 0.0968. The fourth-order valence-electron chi connectivity index (χ4n) is 4.86. The number of nitrogens with one attached hydrogen (secondary N) is 1. The summed E-state index contributed by atoms with van der Waals surface area (Å²) in [7, 11) is 4.21. The number of hydrogen-bond acceptors (Lipinski definition) is 6. The number of phenols is 1. The maximum absolute atomic E-state index is 13.2. The van der Waals surface area contributed by atoms with Crippen LogP contribution in [0.1, 0.15) is 36.0 Å². The highest BCUT2D eigenvalue weighted by Gasteiger charge is 2.33. The van der Waals surface area contributed by atoms with E-state index < -0.39 is 0 Å². The molecule has 1 saturated heterocycles. The summed E-state index contributed by atoms with van der Waals surface area (Å²) in [5, 5.41) is 15.1. The van der Waals surface area contributed by atoms with E-state index in [1.54, 1.807) is 18.3 Å². The Bertz CT molecular complexity index is 1260. The molecule has 0 bridgehead atoms. The van der Waals surface area contributed by atoms with Gasteiger partial charge in [0.15, 0.2) is 11.5 Å². The number of phenolic OH excluding ortho intramolecular Hbond substituents is 1. The van der Waals surface area contributed by atoms with Gasteiger partial charge in [0.1, 0.15) is 0 Å². The lowest BCUT2D eigenvalue weighted by atomic mass is 9.97. The Morgan fingerprint density at radius 2 is 1.78 bits per heavy atom. The van der Waals surface area contributed by atoms with Gasteiger partial charge in [0, 0.05) is 49.7 Å². The summed E-state index contributed by atoms with van der Waals surface area (Å²) in [5.74, 6) is 0.160. The second kappa shape index (κ2) is 10.5. The maximum Gasteiger partial charge on any atom is 0.169 e. The summed E-state index contributed by atoms with van der Waals surface area (Å²) in [6, 6.07) is 9.65. The molecule has 1 aliphatic heterocycles. The van der Waals surface area contributed by atoms with Gasteiger partial charge < -0.3 is 20.2 Å². The minimum Gasteiger partial charge on any atom is -0.505 e. The van der Waals surface area contributed by atoms with Gasteiger partial charge in [-0.05, 0) is 75.2 Å². The third kappa shape index (κ3) is 5.47. The van der Waals surface area contributed by atoms with Crippen molar-refractivity contribution in [1.82, 2.24) is 14.8 Å². The molecule has 5 rings (SSSR count). The van der Waals surface area contributed by atoms with Crippen molar-refractivity contribution in [3.05, 3.63) is 52.1 Å². The molecule has 1 aliphatic carbocycles. The van der Waals surface area contributed by atoms with E-state index >= 15 is 0 Å². The van der Waals surface area contributed by atoms with Crippen LogP contribution in [0.25, 0.3) is 22.0 Å². The number of likely N-dealkylation sites (N-methyl/N-ethyl adjacent to an activating group) is 1. The van der Waals surface area contributed by atoms with Gasteiger partial charge in [0.25, 0.3) is 0 Å². The van der Waals surface area contributed by atoms with E-state index in [1.807, 2.05) is 18.2 Å². The number of pyridine rings is 1. The summed E-state index contributed by atoms with van der Waals surface area (Å²) >= 11 is 12.4. The van der Waals surface area contributed by atoms with Gasteiger partial charge in [-0.25, -0.2) is 0 Å². The molecule has 2 heterocycles. The fourth-order valence-corrected chi connectivity index (χ4v) is 5.35. The summed E-state index contributed by atoms with van der Waals surface area (Å²) in [4.78, 5) is 22.6. The average molecular weight is 527 g/mol. The lowest BCUT2D eigenvalue weighted by Crippen LogP contribution is -2.42. The highest BCUT2D eigenvalue weighted by molar-refractivity contribution is 6.37. The predicted molar refractivity (Wildman–Crippen MR) is 148 cm³/mol. The number of ketones is 1. The summed E-state index contributed by atoms with van der Waals surface area (Å²) in [6.07, 6.45) is 5.69. The molecule has 190 valence electrons. The quantitative estimate of drug-likeness (QED) is 0.353. The van der Waals surface area contributed by atoms with Gasteiger partial charge >= 0.3 is 0 Å². The van der Waals surface area contributed by atoms with Crippen molar-refractivity contribution in [2.45, 2.75) is 31.7 Å². The highest BCUT2D eigenvalue weighted by Crippen LogP contribution is 2.40. The molecule has 1 aromatic heterocycles. The van der Waals surface area contributed by atoms with Crippen LogP contribution in [0, 0.1) is 5.92 Å². The number of benzene rings is 2. The van der Waals surface area contributed by atoms with Crippen molar-refractivity contribution in [2.75, 3.05) is 45.6 Å². The molecule has 2 fully saturated rings. The molecule has 1 saturated carbocycles. The number of hydrogen-bond donors (Lipinski definition) is 2. The third-order valence-corrected chi connectivity index (χ3v) is 7.81. The second-order valence-electron chi connectivity index (χ2n) is 10.3. The minimum atomic E-state index is -0.124. The van der Waals surface area contributed by atoms with Crippen LogP contribution in [0.15, 0.2) is 36.5 Å². The van der Waals surface area contributed by atoms with E-state index in [9.17, 15) is 9.90 Å². The van der Waals surface area contributed by atoms with Crippen molar-refractivity contribution in [2.24, 2.45) is 5.92 Å². The zero-order valence-corrected chi connectivity index (χ0v) is 22.2. The number of aromatic nitrogens is 1. The number of likely N-dealkylation sites (tertiary alicyclic amines) is 1. The number of anilines is 1. The van der Waals surface area contributed by atoms with Crippen LogP contribution in [-0.2, 0) is 0 Å². The molecule has 0 amide bonds. The number of nitrogens with zero attached hydrogens (tertiary/aromatic N) is 3. The van der Waals surface area contributed by atoms with Crippen molar-refractivity contribution in [3.63, 3.8) is 0 Å². The van der Waals surface area contributed by atoms with Crippen LogP contribution in [-0.4, -0.2) is 72.0 Å². The zero-order chi connectivity index (χ0) is 25.4. The van der Waals surface area contributed by atoms with Gasteiger partial charge in [-0.2, -0.15) is 0 Å². The molecule has 2 aromatic carbocycles. The minimum absolute atomic E-state index is 0.107. The van der Waals surface area contributed by atoms with Crippen LogP contribution < -0.4 is 5.32 Å². The molecule has 6 nitrogen and oxygen atoms in total. The molecular formula is C28H32Cl2N4O2. The molecule has 0 spiro atoms. The molecular weight excluding hydrogens is 495 g/mol. The molecule has 2 aliphatic rings. The molecule has 8 heteroatoms. The van der Waals surface area contributed by atoms with E-state index in [-0.39, 0.29) is 33.5 Å². The number of fused-ring (bicyclic) bond motifs is 1. The lowest BCUT2D eigenvalue weighted by Gasteiger charge is -2.34. The van der Waals surface area contributed by atoms with Crippen molar-refractivity contribution >= 4 is 45.6 Å². The fraction of sp³-hybridized carbons (Fsp3) is 0.429. The number of carbonyl (C=O) groups is 1. The normalized spacial score (nSPS) is 17.1. The van der Waals surface area contributed by atoms with Gasteiger partial charge in [-0.15, -0.1) is 0 Å². The topological polar surface area (TPSA) is 68.7 Å². The van der Waals surface area contributed by atoms with E-state index in [2.05, 4.69) is 34.2 Å². The van der Waals surface area contributed by atoms with Crippen molar-refractivity contribution in [1.29, 1.82) is 0 Å². The number of halogens is 2. The molecule has 0 radical (unpaired) electrons. The monoisotopic (exact) mass is 526 g/mol.